The molecule has 2 bridgehead atoms. The Bertz CT molecular complexity index is 1020. The van der Waals surface area contributed by atoms with Gasteiger partial charge in [-0.05, 0) is 66.6 Å². The van der Waals surface area contributed by atoms with Crippen molar-refractivity contribution < 1.29 is 4.79 Å². The van der Waals surface area contributed by atoms with Gasteiger partial charge >= 0.3 is 0 Å². The molecule has 3 unspecified atom stereocenters. The van der Waals surface area contributed by atoms with Crippen molar-refractivity contribution in [3.05, 3.63) is 78.2 Å². The van der Waals surface area contributed by atoms with Crippen molar-refractivity contribution in [2.75, 3.05) is 11.9 Å². The van der Waals surface area contributed by atoms with Crippen molar-refractivity contribution in [1.82, 2.24) is 14.9 Å². The number of aromatic nitrogens is 2. The summed E-state index contributed by atoms with van der Waals surface area (Å²) >= 11 is 0. The monoisotopic (exact) mass is 384 g/mol. The number of nitrogens with one attached hydrogen (secondary N) is 1. The molecule has 1 amide bonds. The third kappa shape index (κ3) is 3.37. The van der Waals surface area contributed by atoms with Crippen molar-refractivity contribution in [2.45, 2.75) is 31.8 Å². The number of rotatable bonds is 4. The number of pyridine rings is 2. The van der Waals surface area contributed by atoms with E-state index in [4.69, 9.17) is 0 Å². The van der Waals surface area contributed by atoms with Crippen LogP contribution >= 0.6 is 0 Å². The third-order valence-corrected chi connectivity index (χ3v) is 6.14. The minimum atomic E-state index is 0.119. The summed E-state index contributed by atoms with van der Waals surface area (Å²) < 4.78 is 0. The van der Waals surface area contributed by atoms with Crippen LogP contribution in [0.2, 0.25) is 0 Å². The zero-order chi connectivity index (χ0) is 19.8. The van der Waals surface area contributed by atoms with Crippen molar-refractivity contribution in [2.24, 2.45) is 5.92 Å². The van der Waals surface area contributed by atoms with Gasteiger partial charge in [0, 0.05) is 36.7 Å². The molecule has 1 aliphatic heterocycles. The summed E-state index contributed by atoms with van der Waals surface area (Å²) in [7, 11) is 0. The fraction of sp³-hybridized carbons (Fsp3) is 0.292. The first-order valence-electron chi connectivity index (χ1n) is 10.2. The van der Waals surface area contributed by atoms with Crippen molar-refractivity contribution >= 4 is 11.7 Å². The van der Waals surface area contributed by atoms with Crippen LogP contribution in [0, 0.1) is 12.8 Å². The predicted octanol–water partition coefficient (Wildman–Crippen LogP) is 4.17. The number of fused-ring (bicyclic) bond motifs is 2. The van der Waals surface area contributed by atoms with E-state index in [0.29, 0.717) is 5.92 Å². The number of hydrogen-bond acceptors (Lipinski definition) is 4. The lowest BCUT2D eigenvalue weighted by Gasteiger charge is -2.34. The Morgan fingerprint density at radius 3 is 2.66 bits per heavy atom. The van der Waals surface area contributed by atoms with Gasteiger partial charge in [-0.2, -0.15) is 0 Å². The van der Waals surface area contributed by atoms with E-state index in [-0.39, 0.29) is 18.0 Å². The highest BCUT2D eigenvalue weighted by Gasteiger charge is 2.47. The van der Waals surface area contributed by atoms with E-state index in [2.05, 4.69) is 26.3 Å². The number of likely N-dealkylation sites (tertiary alicyclic amines) is 1. The van der Waals surface area contributed by atoms with Gasteiger partial charge < -0.3 is 10.2 Å². The highest BCUT2D eigenvalue weighted by atomic mass is 16.2. The molecule has 5 rings (SSSR count). The van der Waals surface area contributed by atoms with E-state index in [9.17, 15) is 4.79 Å². The summed E-state index contributed by atoms with van der Waals surface area (Å²) in [5.74, 6) is 1.56. The summed E-state index contributed by atoms with van der Waals surface area (Å²) in [4.78, 5) is 24.2. The first-order chi connectivity index (χ1) is 14.2. The Morgan fingerprint density at radius 1 is 1.07 bits per heavy atom. The highest BCUT2D eigenvalue weighted by Crippen LogP contribution is 2.40. The molecule has 2 fully saturated rings. The van der Waals surface area contributed by atoms with Gasteiger partial charge in [0.15, 0.2) is 0 Å². The number of hydrogen-bond donors (Lipinski definition) is 1. The number of nitrogens with zero attached hydrogens (tertiary/aromatic N) is 3. The van der Waals surface area contributed by atoms with Gasteiger partial charge in [0.05, 0.1) is 6.04 Å². The van der Waals surface area contributed by atoms with Crippen LogP contribution in [-0.2, 0) is 0 Å². The zero-order valence-corrected chi connectivity index (χ0v) is 16.5. The second-order valence-corrected chi connectivity index (χ2v) is 8.12. The molecule has 0 radical (unpaired) electrons. The topological polar surface area (TPSA) is 58.1 Å². The maximum Gasteiger partial charge on any atom is 0.254 e. The summed E-state index contributed by atoms with van der Waals surface area (Å²) in [5.41, 5.74) is 3.89. The van der Waals surface area contributed by atoms with Gasteiger partial charge in [-0.1, -0.05) is 24.3 Å². The molecule has 1 saturated heterocycles. The molecule has 1 aromatic carbocycles. The number of anilines is 1. The van der Waals surface area contributed by atoms with Gasteiger partial charge in [0.1, 0.15) is 5.82 Å². The molecule has 2 aromatic heterocycles. The molecule has 0 spiro atoms. The molecule has 1 N–H and O–H groups in total. The lowest BCUT2D eigenvalue weighted by Crippen LogP contribution is -2.47. The summed E-state index contributed by atoms with van der Waals surface area (Å²) in [6.07, 6.45) is 7.57. The van der Waals surface area contributed by atoms with Crippen molar-refractivity contribution in [3.8, 4) is 11.1 Å². The average molecular weight is 384 g/mol. The molecule has 3 heterocycles. The molecule has 3 aromatic rings. The molecule has 29 heavy (non-hydrogen) atoms. The van der Waals surface area contributed by atoms with Crippen molar-refractivity contribution in [3.63, 3.8) is 0 Å². The second-order valence-electron chi connectivity index (χ2n) is 8.12. The van der Waals surface area contributed by atoms with Gasteiger partial charge in [-0.25, -0.2) is 4.98 Å². The number of amides is 1. The Labute approximate surface area is 170 Å². The Morgan fingerprint density at radius 2 is 1.90 bits per heavy atom. The SMILES string of the molecule is Cc1ccc(NC2CC3CC2N(C(=O)c2ccccc2-c2ccncc2)C3)nc1. The molecular weight excluding hydrogens is 360 g/mol. The van der Waals surface area contributed by atoms with Gasteiger partial charge in [-0.3, -0.25) is 9.78 Å². The Kier molecular flexibility index (Phi) is 4.51. The van der Waals surface area contributed by atoms with Crippen LogP contribution in [0.25, 0.3) is 11.1 Å². The summed E-state index contributed by atoms with van der Waals surface area (Å²) in [6.45, 7) is 2.88. The van der Waals surface area contributed by atoms with E-state index in [1.165, 1.54) is 0 Å². The minimum Gasteiger partial charge on any atom is -0.365 e. The lowest BCUT2D eigenvalue weighted by atomic mass is 9.98. The standard InChI is InChI=1S/C24H24N4O/c1-16-6-7-23(26-14-16)27-21-12-17-13-22(21)28(15-17)24(29)20-5-3-2-4-19(20)18-8-10-25-11-9-18/h2-11,14,17,21-22H,12-13,15H2,1H3,(H,26,27). The normalized spacial score (nSPS) is 22.7. The van der Waals surface area contributed by atoms with E-state index >= 15 is 0 Å². The molecule has 1 aliphatic carbocycles. The second kappa shape index (κ2) is 7.32. The number of carbonyl (C=O) groups is 1. The molecule has 1 saturated carbocycles. The fourth-order valence-corrected chi connectivity index (χ4v) is 4.76. The number of aryl methyl sites for hydroxylation is 1. The smallest absolute Gasteiger partial charge is 0.254 e. The summed E-state index contributed by atoms with van der Waals surface area (Å²) in [5, 5.41) is 3.57. The molecule has 2 aliphatic rings. The molecule has 146 valence electrons. The lowest BCUT2D eigenvalue weighted by molar-refractivity contribution is 0.0693. The van der Waals surface area contributed by atoms with Crippen LogP contribution in [0.1, 0.15) is 28.8 Å². The number of carbonyl (C=O) groups excluding carboxylic acids is 1. The van der Waals surface area contributed by atoms with Crippen LogP contribution < -0.4 is 5.32 Å². The van der Waals surface area contributed by atoms with Gasteiger partial charge in [0.2, 0.25) is 0 Å². The van der Waals surface area contributed by atoms with E-state index in [1.807, 2.05) is 55.6 Å². The quantitative estimate of drug-likeness (QED) is 0.734. The van der Waals surface area contributed by atoms with Crippen LogP contribution in [-0.4, -0.2) is 39.4 Å². The molecule has 3 atom stereocenters. The van der Waals surface area contributed by atoms with E-state index in [0.717, 1.165) is 47.5 Å². The highest BCUT2D eigenvalue weighted by molar-refractivity contribution is 6.01. The Balaban J connectivity index is 1.39. The van der Waals surface area contributed by atoms with E-state index < -0.39 is 0 Å². The van der Waals surface area contributed by atoms with Gasteiger partial charge in [-0.15, -0.1) is 0 Å². The number of benzene rings is 1. The molecular formula is C24H24N4O. The first kappa shape index (κ1) is 17.9. The van der Waals surface area contributed by atoms with Crippen LogP contribution in [0.5, 0.6) is 0 Å². The fourth-order valence-electron chi connectivity index (χ4n) is 4.76. The largest absolute Gasteiger partial charge is 0.365 e. The van der Waals surface area contributed by atoms with E-state index in [1.54, 1.807) is 12.4 Å². The molecule has 5 nitrogen and oxygen atoms in total. The number of piperidine rings is 1. The third-order valence-electron chi connectivity index (χ3n) is 6.14. The zero-order valence-electron chi connectivity index (χ0n) is 16.5. The minimum absolute atomic E-state index is 0.119. The Hall–Kier alpha value is -3.21. The van der Waals surface area contributed by atoms with Gasteiger partial charge in [0.25, 0.3) is 5.91 Å². The van der Waals surface area contributed by atoms with Crippen LogP contribution in [0.4, 0.5) is 5.82 Å². The molecule has 5 heteroatoms. The predicted molar refractivity (Wildman–Crippen MR) is 114 cm³/mol. The van der Waals surface area contributed by atoms with Crippen LogP contribution in [0.15, 0.2) is 67.1 Å². The first-order valence-corrected chi connectivity index (χ1v) is 10.2. The average Bonchev–Trinajstić information content (AvgIpc) is 3.36. The van der Waals surface area contributed by atoms with Crippen LogP contribution in [0.3, 0.4) is 0 Å². The summed E-state index contributed by atoms with van der Waals surface area (Å²) in [6, 6.07) is 16.3. The maximum absolute atomic E-state index is 13.5. The maximum atomic E-state index is 13.5. The van der Waals surface area contributed by atoms with Crippen molar-refractivity contribution in [1.29, 1.82) is 0 Å².